The Morgan fingerprint density at radius 2 is 1.82 bits per heavy atom. The van der Waals surface area contributed by atoms with E-state index in [1.165, 1.54) is 18.2 Å². The van der Waals surface area contributed by atoms with E-state index in [0.29, 0.717) is 5.56 Å². The van der Waals surface area contributed by atoms with Crippen LogP contribution in [0.15, 0.2) is 18.2 Å². The van der Waals surface area contributed by atoms with Crippen LogP contribution in [0.4, 0.5) is 17.6 Å². The van der Waals surface area contributed by atoms with E-state index >= 15 is 0 Å². The van der Waals surface area contributed by atoms with Crippen LogP contribution in [0.1, 0.15) is 18.0 Å². The van der Waals surface area contributed by atoms with E-state index < -0.39 is 25.2 Å². The fourth-order valence-electron chi connectivity index (χ4n) is 1.52. The van der Waals surface area contributed by atoms with Gasteiger partial charge in [0.25, 0.3) is 0 Å². The molecule has 2 rings (SSSR count). The lowest BCUT2D eigenvalue weighted by Gasteiger charge is -2.11. The van der Waals surface area contributed by atoms with Crippen LogP contribution in [0.5, 0.6) is 11.5 Å². The molecule has 94 valence electrons. The molecule has 1 heterocycles. The molecule has 7 heteroatoms. The Morgan fingerprint density at radius 1 is 1.18 bits per heavy atom. The number of ether oxygens (including phenoxy) is 2. The lowest BCUT2D eigenvalue weighted by atomic mass is 10.0. The molecular formula is C10H9F4NO2. The zero-order valence-corrected chi connectivity index (χ0v) is 8.50. The Balaban J connectivity index is 2.19. The minimum absolute atomic E-state index is 0.136. The first kappa shape index (κ1) is 12.0. The minimum atomic E-state index is -3.71. The molecule has 0 aliphatic carbocycles. The first-order valence-electron chi connectivity index (χ1n) is 4.81. The van der Waals surface area contributed by atoms with E-state index in [0.717, 1.165) is 0 Å². The number of nitrogens with two attached hydrogens (primary N) is 1. The minimum Gasteiger partial charge on any atom is -0.395 e. The van der Waals surface area contributed by atoms with Gasteiger partial charge in [0.05, 0.1) is 0 Å². The van der Waals surface area contributed by atoms with Gasteiger partial charge in [0, 0.05) is 12.5 Å². The van der Waals surface area contributed by atoms with Crippen molar-refractivity contribution in [3.05, 3.63) is 23.8 Å². The predicted octanol–water partition coefficient (Wildman–Crippen LogP) is 2.66. The monoisotopic (exact) mass is 251 g/mol. The smallest absolute Gasteiger partial charge is 0.395 e. The van der Waals surface area contributed by atoms with Crippen LogP contribution in [0, 0.1) is 0 Å². The molecular weight excluding hydrogens is 242 g/mol. The summed E-state index contributed by atoms with van der Waals surface area (Å²) in [6.07, 6.45) is -6.82. The highest BCUT2D eigenvalue weighted by molar-refractivity contribution is 5.45. The molecule has 3 nitrogen and oxygen atoms in total. The maximum atomic E-state index is 12.7. The van der Waals surface area contributed by atoms with Crippen LogP contribution >= 0.6 is 0 Å². The summed E-state index contributed by atoms with van der Waals surface area (Å²) in [6, 6.07) is 2.83. The molecule has 0 amide bonds. The van der Waals surface area contributed by atoms with E-state index in [1.54, 1.807) is 0 Å². The van der Waals surface area contributed by atoms with Crippen molar-refractivity contribution in [2.45, 2.75) is 25.2 Å². The molecule has 1 aliphatic heterocycles. The Kier molecular flexibility index (Phi) is 2.86. The zero-order chi connectivity index (χ0) is 12.6. The molecule has 1 aromatic rings. The van der Waals surface area contributed by atoms with E-state index in [2.05, 4.69) is 9.47 Å². The van der Waals surface area contributed by atoms with Gasteiger partial charge in [0.2, 0.25) is 6.43 Å². The number of rotatable bonds is 3. The topological polar surface area (TPSA) is 44.5 Å². The van der Waals surface area contributed by atoms with Gasteiger partial charge in [-0.25, -0.2) is 8.78 Å². The highest BCUT2D eigenvalue weighted by Gasteiger charge is 2.43. The summed E-state index contributed by atoms with van der Waals surface area (Å²) < 4.78 is 57.9. The molecule has 0 bridgehead atoms. The molecule has 1 aliphatic rings. The van der Waals surface area contributed by atoms with Crippen LogP contribution in [-0.4, -0.2) is 12.7 Å². The summed E-state index contributed by atoms with van der Waals surface area (Å²) in [6.45, 7) is 0. The first-order chi connectivity index (χ1) is 7.87. The molecule has 1 aromatic carbocycles. The summed E-state index contributed by atoms with van der Waals surface area (Å²) in [5.41, 5.74) is 5.79. The Hall–Kier alpha value is -1.50. The molecule has 0 unspecified atom stereocenters. The first-order valence-corrected chi connectivity index (χ1v) is 4.81. The maximum Gasteiger partial charge on any atom is 0.586 e. The number of hydrogen-bond acceptors (Lipinski definition) is 3. The summed E-state index contributed by atoms with van der Waals surface area (Å²) >= 11 is 0. The van der Waals surface area contributed by atoms with Crippen LogP contribution in [-0.2, 0) is 0 Å². The third-order valence-electron chi connectivity index (χ3n) is 2.29. The summed E-state index contributed by atoms with van der Waals surface area (Å²) in [7, 11) is 0. The van der Waals surface area contributed by atoms with E-state index in [-0.39, 0.29) is 11.5 Å². The van der Waals surface area contributed by atoms with Crippen LogP contribution in [0.2, 0.25) is 0 Å². The molecule has 0 saturated heterocycles. The maximum absolute atomic E-state index is 12.7. The normalized spacial score (nSPS) is 18.5. The van der Waals surface area contributed by atoms with Gasteiger partial charge in [-0.05, 0) is 17.7 Å². The standard InChI is InChI=1S/C10H9F4NO2/c11-9(12)4-6(15)5-1-2-7-8(3-5)17-10(13,14)16-7/h1-3,6,9H,4,15H2/t6-/m1/s1. The average Bonchev–Trinajstić information content (AvgIpc) is 2.48. The third kappa shape index (κ3) is 2.60. The molecule has 17 heavy (non-hydrogen) atoms. The number of benzene rings is 1. The largest absolute Gasteiger partial charge is 0.586 e. The molecule has 0 saturated carbocycles. The van der Waals surface area contributed by atoms with Crippen LogP contribution in [0.25, 0.3) is 0 Å². The van der Waals surface area contributed by atoms with E-state index in [4.69, 9.17) is 5.73 Å². The van der Waals surface area contributed by atoms with Crippen LogP contribution < -0.4 is 15.2 Å². The summed E-state index contributed by atoms with van der Waals surface area (Å²) in [4.78, 5) is 0. The number of hydrogen-bond donors (Lipinski definition) is 1. The van der Waals surface area contributed by atoms with Gasteiger partial charge in [0.1, 0.15) is 0 Å². The fraction of sp³-hybridized carbons (Fsp3) is 0.400. The Morgan fingerprint density at radius 3 is 2.47 bits per heavy atom. The van der Waals surface area contributed by atoms with E-state index in [9.17, 15) is 17.6 Å². The lowest BCUT2D eigenvalue weighted by Crippen LogP contribution is -2.25. The molecule has 0 aromatic heterocycles. The highest BCUT2D eigenvalue weighted by atomic mass is 19.3. The van der Waals surface area contributed by atoms with Crippen molar-refractivity contribution < 1.29 is 27.0 Å². The molecule has 0 radical (unpaired) electrons. The van der Waals surface area contributed by atoms with Crippen molar-refractivity contribution >= 4 is 0 Å². The van der Waals surface area contributed by atoms with Gasteiger partial charge in [-0.2, -0.15) is 0 Å². The van der Waals surface area contributed by atoms with Crippen molar-refractivity contribution in [1.82, 2.24) is 0 Å². The van der Waals surface area contributed by atoms with Gasteiger partial charge < -0.3 is 15.2 Å². The quantitative estimate of drug-likeness (QED) is 0.840. The van der Waals surface area contributed by atoms with Crippen molar-refractivity contribution in [2.24, 2.45) is 5.73 Å². The lowest BCUT2D eigenvalue weighted by molar-refractivity contribution is -0.286. The van der Waals surface area contributed by atoms with Crippen molar-refractivity contribution in [2.75, 3.05) is 0 Å². The summed E-state index contributed by atoms with van der Waals surface area (Å²) in [5, 5.41) is 0. The Bertz CT molecular complexity index is 425. The average molecular weight is 251 g/mol. The molecule has 2 N–H and O–H groups in total. The highest BCUT2D eigenvalue weighted by Crippen LogP contribution is 2.42. The molecule has 0 spiro atoms. The zero-order valence-electron chi connectivity index (χ0n) is 8.50. The van der Waals surface area contributed by atoms with Crippen molar-refractivity contribution in [3.63, 3.8) is 0 Å². The molecule has 0 fully saturated rings. The SMILES string of the molecule is N[C@H](CC(F)F)c1ccc2c(c1)OC(F)(F)O2. The Labute approximate surface area is 94.1 Å². The van der Waals surface area contributed by atoms with Crippen molar-refractivity contribution in [1.29, 1.82) is 0 Å². The van der Waals surface area contributed by atoms with Crippen LogP contribution in [0.3, 0.4) is 0 Å². The predicted molar refractivity (Wildman–Crippen MR) is 50.2 cm³/mol. The number of halogens is 4. The fourth-order valence-corrected chi connectivity index (χ4v) is 1.52. The van der Waals surface area contributed by atoms with Gasteiger partial charge in [-0.15, -0.1) is 8.78 Å². The van der Waals surface area contributed by atoms with Crippen molar-refractivity contribution in [3.8, 4) is 11.5 Å². The second-order valence-corrected chi connectivity index (χ2v) is 3.61. The summed E-state index contributed by atoms with van der Waals surface area (Å²) in [5.74, 6) is -0.333. The van der Waals surface area contributed by atoms with Gasteiger partial charge in [-0.1, -0.05) is 6.07 Å². The molecule has 1 atom stereocenters. The number of alkyl halides is 4. The second-order valence-electron chi connectivity index (χ2n) is 3.61. The van der Waals surface area contributed by atoms with Gasteiger partial charge in [-0.3, -0.25) is 0 Å². The van der Waals surface area contributed by atoms with Gasteiger partial charge in [0.15, 0.2) is 11.5 Å². The third-order valence-corrected chi connectivity index (χ3v) is 2.29. The number of fused-ring (bicyclic) bond motifs is 1. The van der Waals surface area contributed by atoms with E-state index in [1.807, 2.05) is 0 Å². The second kappa shape index (κ2) is 4.06. The van der Waals surface area contributed by atoms with Gasteiger partial charge >= 0.3 is 6.29 Å².